The smallest absolute Gasteiger partial charge is 0.310 e. The molecule has 0 atom stereocenters. The van der Waals surface area contributed by atoms with Gasteiger partial charge in [0, 0.05) is 23.3 Å². The SMILES string of the molecule is CC(=O)N(c1nc(COC(=O)Cc2coc3cc4c(cc23)CCC4)cs1)c1ccccc1F. The lowest BCUT2D eigenvalue weighted by Crippen LogP contribution is -2.23. The Labute approximate surface area is 193 Å². The van der Waals surface area contributed by atoms with E-state index in [-0.39, 0.29) is 24.6 Å². The Kier molecular flexibility index (Phi) is 5.68. The van der Waals surface area contributed by atoms with Crippen molar-refractivity contribution in [3.8, 4) is 0 Å². The van der Waals surface area contributed by atoms with Crippen LogP contribution in [0.25, 0.3) is 11.0 Å². The average molecular weight is 465 g/mol. The first-order valence-electron chi connectivity index (χ1n) is 10.7. The van der Waals surface area contributed by atoms with Gasteiger partial charge >= 0.3 is 5.97 Å². The Morgan fingerprint density at radius 1 is 1.21 bits per heavy atom. The zero-order chi connectivity index (χ0) is 22.9. The molecule has 1 aliphatic rings. The van der Waals surface area contributed by atoms with Gasteiger partial charge in [-0.2, -0.15) is 0 Å². The van der Waals surface area contributed by atoms with Gasteiger partial charge in [-0.05, 0) is 54.7 Å². The second-order valence-corrected chi connectivity index (χ2v) is 8.83. The summed E-state index contributed by atoms with van der Waals surface area (Å²) in [6.45, 7) is 1.31. The lowest BCUT2D eigenvalue weighted by molar-refractivity contribution is -0.144. The summed E-state index contributed by atoms with van der Waals surface area (Å²) in [7, 11) is 0. The quantitative estimate of drug-likeness (QED) is 0.353. The van der Waals surface area contributed by atoms with E-state index in [1.54, 1.807) is 23.8 Å². The molecular formula is C25H21FN2O4S. The van der Waals surface area contributed by atoms with E-state index >= 15 is 0 Å². The van der Waals surface area contributed by atoms with Gasteiger partial charge in [-0.15, -0.1) is 11.3 Å². The maximum atomic E-state index is 14.2. The number of aromatic nitrogens is 1. The number of nitrogens with zero attached hydrogens (tertiary/aromatic N) is 2. The van der Waals surface area contributed by atoms with Crippen molar-refractivity contribution in [2.24, 2.45) is 0 Å². The first-order valence-corrected chi connectivity index (χ1v) is 11.5. The molecule has 0 unspecified atom stereocenters. The van der Waals surface area contributed by atoms with Crippen molar-refractivity contribution in [3.05, 3.63) is 76.2 Å². The number of hydrogen-bond acceptors (Lipinski definition) is 6. The number of hydrogen-bond donors (Lipinski definition) is 0. The summed E-state index contributed by atoms with van der Waals surface area (Å²) in [5, 5.41) is 2.95. The number of anilines is 2. The highest BCUT2D eigenvalue weighted by Crippen LogP contribution is 2.32. The molecule has 2 aromatic heterocycles. The fourth-order valence-electron chi connectivity index (χ4n) is 4.15. The van der Waals surface area contributed by atoms with Crippen molar-refractivity contribution in [2.75, 3.05) is 4.90 Å². The maximum Gasteiger partial charge on any atom is 0.310 e. The van der Waals surface area contributed by atoms with Gasteiger partial charge in [-0.3, -0.25) is 14.5 Å². The van der Waals surface area contributed by atoms with E-state index in [9.17, 15) is 14.0 Å². The number of halogens is 1. The fraction of sp³-hybridized carbons (Fsp3) is 0.240. The third-order valence-corrected chi connectivity index (χ3v) is 6.60. The van der Waals surface area contributed by atoms with Crippen LogP contribution in [0.4, 0.5) is 15.2 Å². The minimum absolute atomic E-state index is 0.0382. The highest BCUT2D eigenvalue weighted by atomic mass is 32.1. The molecule has 0 spiro atoms. The summed E-state index contributed by atoms with van der Waals surface area (Å²) in [6.07, 6.45) is 4.97. The molecule has 4 aromatic rings. The van der Waals surface area contributed by atoms with E-state index in [1.807, 2.05) is 0 Å². The predicted octanol–water partition coefficient (Wildman–Crippen LogP) is 5.49. The van der Waals surface area contributed by atoms with E-state index < -0.39 is 11.8 Å². The molecule has 2 aromatic carbocycles. The number of para-hydroxylation sites is 1. The maximum absolute atomic E-state index is 14.2. The zero-order valence-electron chi connectivity index (χ0n) is 18.0. The molecule has 0 fully saturated rings. The van der Waals surface area contributed by atoms with E-state index in [0.29, 0.717) is 10.8 Å². The third kappa shape index (κ3) is 4.26. The van der Waals surface area contributed by atoms with Crippen LogP contribution in [-0.2, 0) is 40.2 Å². The molecule has 0 N–H and O–H groups in total. The van der Waals surface area contributed by atoms with Crippen molar-refractivity contribution >= 4 is 45.0 Å². The number of ether oxygens (including phenoxy) is 1. The largest absolute Gasteiger partial charge is 0.464 e. The van der Waals surface area contributed by atoms with Crippen molar-refractivity contribution < 1.29 is 23.1 Å². The number of fused-ring (bicyclic) bond motifs is 2. The molecule has 168 valence electrons. The summed E-state index contributed by atoms with van der Waals surface area (Å²) in [4.78, 5) is 30.2. The summed E-state index contributed by atoms with van der Waals surface area (Å²) in [5.41, 5.74) is 4.84. The van der Waals surface area contributed by atoms with Gasteiger partial charge < -0.3 is 9.15 Å². The number of aryl methyl sites for hydroxylation is 2. The van der Waals surface area contributed by atoms with Crippen LogP contribution >= 0.6 is 11.3 Å². The molecule has 33 heavy (non-hydrogen) atoms. The van der Waals surface area contributed by atoms with E-state index in [4.69, 9.17) is 9.15 Å². The van der Waals surface area contributed by atoms with Crippen LogP contribution in [-0.4, -0.2) is 16.9 Å². The molecule has 1 aliphatic carbocycles. The number of benzene rings is 2. The second kappa shape index (κ2) is 8.78. The molecule has 0 saturated heterocycles. The number of amides is 1. The van der Waals surface area contributed by atoms with Crippen LogP contribution in [0, 0.1) is 5.82 Å². The number of thiazole rings is 1. The standard InChI is InChI=1S/C25H21FN2O4S/c1-15(29)28(22-8-3-2-7-21(22)26)25-27-19(14-33-25)13-32-24(30)11-18-12-31-23-10-17-6-4-5-16(17)9-20(18)23/h2-3,7-10,12,14H,4-6,11,13H2,1H3. The molecular weight excluding hydrogens is 443 g/mol. The summed E-state index contributed by atoms with van der Waals surface area (Å²) < 4.78 is 25.3. The van der Waals surface area contributed by atoms with Gasteiger partial charge in [0.1, 0.15) is 18.0 Å². The predicted molar refractivity (Wildman–Crippen MR) is 123 cm³/mol. The van der Waals surface area contributed by atoms with Gasteiger partial charge in [-0.1, -0.05) is 12.1 Å². The number of rotatable bonds is 6. The molecule has 1 amide bonds. The molecule has 0 radical (unpaired) electrons. The van der Waals surface area contributed by atoms with Crippen LogP contribution in [0.15, 0.2) is 52.5 Å². The fourth-order valence-corrected chi connectivity index (χ4v) is 5.02. The van der Waals surface area contributed by atoms with Crippen LogP contribution in [0.5, 0.6) is 0 Å². The van der Waals surface area contributed by atoms with Gasteiger partial charge in [0.25, 0.3) is 0 Å². The van der Waals surface area contributed by atoms with E-state index in [2.05, 4.69) is 17.1 Å². The van der Waals surface area contributed by atoms with Crippen LogP contribution in [0.3, 0.4) is 0 Å². The highest BCUT2D eigenvalue weighted by Gasteiger charge is 2.22. The zero-order valence-corrected chi connectivity index (χ0v) is 18.8. The molecule has 6 nitrogen and oxygen atoms in total. The lowest BCUT2D eigenvalue weighted by Gasteiger charge is -2.18. The summed E-state index contributed by atoms with van der Waals surface area (Å²) >= 11 is 1.18. The molecule has 2 heterocycles. The average Bonchev–Trinajstić information content (AvgIpc) is 3.53. The lowest BCUT2D eigenvalue weighted by atomic mass is 10.0. The number of carbonyl (C=O) groups is 2. The van der Waals surface area contributed by atoms with Gasteiger partial charge in [-0.25, -0.2) is 9.37 Å². The molecule has 0 aliphatic heterocycles. The minimum Gasteiger partial charge on any atom is -0.464 e. The Morgan fingerprint density at radius 3 is 2.79 bits per heavy atom. The third-order valence-electron chi connectivity index (χ3n) is 5.72. The van der Waals surface area contributed by atoms with E-state index in [0.717, 1.165) is 35.8 Å². The number of carbonyl (C=O) groups excluding carboxylic acids is 2. The molecule has 0 saturated carbocycles. The van der Waals surface area contributed by atoms with Gasteiger partial charge in [0.05, 0.1) is 24.1 Å². The first-order chi connectivity index (χ1) is 16.0. The van der Waals surface area contributed by atoms with Crippen molar-refractivity contribution in [1.29, 1.82) is 0 Å². The Bertz CT molecular complexity index is 1360. The van der Waals surface area contributed by atoms with Crippen LogP contribution in [0.1, 0.15) is 35.7 Å². The van der Waals surface area contributed by atoms with Crippen molar-refractivity contribution in [1.82, 2.24) is 4.98 Å². The van der Waals surface area contributed by atoms with Crippen molar-refractivity contribution in [2.45, 2.75) is 39.2 Å². The van der Waals surface area contributed by atoms with Crippen molar-refractivity contribution in [3.63, 3.8) is 0 Å². The summed E-state index contributed by atoms with van der Waals surface area (Å²) in [6, 6.07) is 10.2. The number of esters is 1. The second-order valence-electron chi connectivity index (χ2n) is 8.00. The van der Waals surface area contributed by atoms with Crippen LogP contribution < -0.4 is 4.90 Å². The minimum atomic E-state index is -0.520. The van der Waals surface area contributed by atoms with Gasteiger partial charge in [0.15, 0.2) is 5.13 Å². The first kappa shape index (κ1) is 21.3. The molecule has 0 bridgehead atoms. The number of furan rings is 1. The monoisotopic (exact) mass is 464 g/mol. The molecule has 8 heteroatoms. The Morgan fingerprint density at radius 2 is 2.00 bits per heavy atom. The normalized spacial score (nSPS) is 12.7. The summed E-state index contributed by atoms with van der Waals surface area (Å²) in [5.74, 6) is -1.28. The van der Waals surface area contributed by atoms with Gasteiger partial charge in [0.2, 0.25) is 5.91 Å². The Balaban J connectivity index is 1.26. The highest BCUT2D eigenvalue weighted by molar-refractivity contribution is 7.14. The van der Waals surface area contributed by atoms with Crippen LogP contribution in [0.2, 0.25) is 0 Å². The van der Waals surface area contributed by atoms with E-state index in [1.165, 1.54) is 46.4 Å². The molecule has 5 rings (SSSR count). The topological polar surface area (TPSA) is 72.6 Å². The Hall–Kier alpha value is -3.52.